The van der Waals surface area contributed by atoms with Crippen LogP contribution in [0.1, 0.15) is 25.7 Å². The van der Waals surface area contributed by atoms with Gasteiger partial charge in [0.15, 0.2) is 0 Å². The van der Waals surface area contributed by atoms with E-state index in [0.717, 1.165) is 44.0 Å². The van der Waals surface area contributed by atoms with E-state index < -0.39 is 10.0 Å². The normalized spacial score (nSPS) is 20.8. The van der Waals surface area contributed by atoms with Gasteiger partial charge in [-0.1, -0.05) is 40.6 Å². The Balaban J connectivity index is 1.32. The third-order valence-corrected chi connectivity index (χ3v) is 9.13. The van der Waals surface area contributed by atoms with Gasteiger partial charge < -0.3 is 9.64 Å². The maximum absolute atomic E-state index is 13.0. The van der Waals surface area contributed by atoms with E-state index in [9.17, 15) is 8.42 Å². The Labute approximate surface area is 185 Å². The zero-order chi connectivity index (χ0) is 20.4. The van der Waals surface area contributed by atoms with Gasteiger partial charge in [-0.25, -0.2) is 13.4 Å². The van der Waals surface area contributed by atoms with Crippen LogP contribution in [-0.4, -0.2) is 60.9 Å². The van der Waals surface area contributed by atoms with E-state index in [1.807, 2.05) is 5.38 Å². The number of hydrogen-bond donors (Lipinski definition) is 0. The van der Waals surface area contributed by atoms with Crippen LogP contribution in [0.5, 0.6) is 5.19 Å². The van der Waals surface area contributed by atoms with Gasteiger partial charge in [-0.15, -0.1) is 0 Å². The van der Waals surface area contributed by atoms with E-state index in [0.29, 0.717) is 19.1 Å². The highest BCUT2D eigenvalue weighted by atomic mass is 35.5. The predicted octanol–water partition coefficient (Wildman–Crippen LogP) is 4.15. The lowest BCUT2D eigenvalue weighted by atomic mass is 10.00. The molecule has 2 aliphatic heterocycles. The van der Waals surface area contributed by atoms with Gasteiger partial charge in [-0.3, -0.25) is 0 Å². The highest BCUT2D eigenvalue weighted by molar-refractivity contribution is 7.89. The lowest BCUT2D eigenvalue weighted by molar-refractivity contribution is 0.0584. The summed E-state index contributed by atoms with van der Waals surface area (Å²) in [7, 11) is -3.69. The van der Waals surface area contributed by atoms with Gasteiger partial charge >= 0.3 is 0 Å². The lowest BCUT2D eigenvalue weighted by Gasteiger charge is -2.41. The number of aromatic nitrogens is 1. The molecule has 0 radical (unpaired) electrons. The molecule has 4 rings (SSSR count). The highest BCUT2D eigenvalue weighted by Gasteiger charge is 2.35. The monoisotopic (exact) mass is 475 g/mol. The number of rotatable bonds is 5. The zero-order valence-corrected chi connectivity index (χ0v) is 19.0. The minimum absolute atomic E-state index is 0.0157. The van der Waals surface area contributed by atoms with Crippen molar-refractivity contribution in [2.75, 3.05) is 26.2 Å². The molecular formula is C19H23Cl2N3O3S2. The van der Waals surface area contributed by atoms with Crippen molar-refractivity contribution in [1.29, 1.82) is 0 Å². The molecule has 29 heavy (non-hydrogen) atoms. The Kier molecular flexibility index (Phi) is 6.68. The fraction of sp³-hybridized carbons (Fsp3) is 0.526. The maximum atomic E-state index is 13.0. The van der Waals surface area contributed by atoms with Gasteiger partial charge in [-0.05, 0) is 37.8 Å². The van der Waals surface area contributed by atoms with Gasteiger partial charge in [0.05, 0.1) is 10.0 Å². The Morgan fingerprint density at radius 3 is 2.28 bits per heavy atom. The molecule has 0 amide bonds. The van der Waals surface area contributed by atoms with Crippen molar-refractivity contribution in [3.63, 3.8) is 0 Å². The summed E-state index contributed by atoms with van der Waals surface area (Å²) in [6.07, 6.45) is 5.51. The third kappa shape index (κ3) is 4.73. The molecule has 2 aromatic rings. The number of thiazole rings is 1. The summed E-state index contributed by atoms with van der Waals surface area (Å²) in [4.78, 5) is 6.67. The van der Waals surface area contributed by atoms with Crippen molar-refractivity contribution in [2.24, 2.45) is 0 Å². The van der Waals surface area contributed by atoms with E-state index in [4.69, 9.17) is 27.9 Å². The molecule has 0 bridgehead atoms. The first-order chi connectivity index (χ1) is 13.9. The number of ether oxygens (including phenoxy) is 1. The average Bonchev–Trinajstić information content (AvgIpc) is 3.21. The van der Waals surface area contributed by atoms with Crippen LogP contribution >= 0.6 is 34.5 Å². The molecule has 0 saturated carbocycles. The van der Waals surface area contributed by atoms with Crippen molar-refractivity contribution in [1.82, 2.24) is 14.2 Å². The number of benzene rings is 1. The standard InChI is InChI=1S/C19H23Cl2N3O3S2/c20-16-2-1-3-17(21)18(16)29(25,26)24-11-4-14(5-12-24)23-9-6-15(7-10-23)27-19-22-8-13-28-19/h1-3,8,13-15H,4-7,9-12H2. The van der Waals surface area contributed by atoms with Crippen LogP contribution in [0.4, 0.5) is 0 Å². The second kappa shape index (κ2) is 9.08. The van der Waals surface area contributed by atoms with Crippen molar-refractivity contribution in [3.8, 4) is 5.19 Å². The number of piperidine rings is 2. The Morgan fingerprint density at radius 1 is 1.03 bits per heavy atom. The fourth-order valence-corrected chi connectivity index (χ4v) is 7.19. The summed E-state index contributed by atoms with van der Waals surface area (Å²) in [6, 6.07) is 5.16. The topological polar surface area (TPSA) is 62.7 Å². The van der Waals surface area contributed by atoms with Gasteiger partial charge in [0.2, 0.25) is 10.0 Å². The molecule has 2 saturated heterocycles. The largest absolute Gasteiger partial charge is 0.467 e. The van der Waals surface area contributed by atoms with Crippen molar-refractivity contribution in [3.05, 3.63) is 39.8 Å². The summed E-state index contributed by atoms with van der Waals surface area (Å²) in [6.45, 7) is 2.88. The summed E-state index contributed by atoms with van der Waals surface area (Å²) in [5.74, 6) is 0. The molecule has 2 fully saturated rings. The van der Waals surface area contributed by atoms with Crippen molar-refractivity contribution < 1.29 is 13.2 Å². The van der Waals surface area contributed by atoms with Gasteiger partial charge in [0.25, 0.3) is 5.19 Å². The van der Waals surface area contributed by atoms with E-state index >= 15 is 0 Å². The highest BCUT2D eigenvalue weighted by Crippen LogP contribution is 2.33. The number of sulfonamides is 1. The van der Waals surface area contributed by atoms with Gasteiger partial charge in [-0.2, -0.15) is 4.31 Å². The molecule has 3 heterocycles. The Hall–Kier alpha value is -0.900. The van der Waals surface area contributed by atoms with E-state index in [1.54, 1.807) is 24.4 Å². The number of halogens is 2. The molecule has 0 spiro atoms. The molecule has 10 heteroatoms. The first-order valence-electron chi connectivity index (χ1n) is 9.69. The van der Waals surface area contributed by atoms with E-state index in [1.165, 1.54) is 15.6 Å². The molecule has 1 aromatic carbocycles. The van der Waals surface area contributed by atoms with Crippen LogP contribution in [-0.2, 0) is 10.0 Å². The minimum atomic E-state index is -3.69. The Bertz CT molecular complexity index is 904. The van der Waals surface area contributed by atoms with Crippen LogP contribution in [0.15, 0.2) is 34.7 Å². The summed E-state index contributed by atoms with van der Waals surface area (Å²) in [5, 5.41) is 2.99. The predicted molar refractivity (Wildman–Crippen MR) is 116 cm³/mol. The first-order valence-corrected chi connectivity index (χ1v) is 12.8. The van der Waals surface area contributed by atoms with E-state index in [2.05, 4.69) is 9.88 Å². The average molecular weight is 476 g/mol. The van der Waals surface area contributed by atoms with Crippen LogP contribution in [0, 0.1) is 0 Å². The fourth-order valence-electron chi connectivity index (χ4n) is 4.08. The SMILES string of the molecule is O=S(=O)(c1c(Cl)cccc1Cl)N1CCC(N2CCC(Oc3nccs3)CC2)CC1. The van der Waals surface area contributed by atoms with Gasteiger partial charge in [0, 0.05) is 43.8 Å². The molecule has 0 atom stereocenters. The second-order valence-electron chi connectivity index (χ2n) is 7.34. The molecular weight excluding hydrogens is 453 g/mol. The molecule has 0 aliphatic carbocycles. The second-order valence-corrected chi connectivity index (χ2v) is 10.9. The quantitative estimate of drug-likeness (QED) is 0.649. The van der Waals surface area contributed by atoms with Crippen LogP contribution in [0.3, 0.4) is 0 Å². The molecule has 0 unspecified atom stereocenters. The van der Waals surface area contributed by atoms with Crippen LogP contribution < -0.4 is 4.74 Å². The molecule has 0 N–H and O–H groups in total. The zero-order valence-electron chi connectivity index (χ0n) is 15.8. The Morgan fingerprint density at radius 2 is 1.69 bits per heavy atom. The van der Waals surface area contributed by atoms with Crippen molar-refractivity contribution in [2.45, 2.75) is 42.7 Å². The lowest BCUT2D eigenvalue weighted by Crippen LogP contribution is -2.50. The number of likely N-dealkylation sites (tertiary alicyclic amines) is 1. The summed E-state index contributed by atoms with van der Waals surface area (Å²) < 4.78 is 33.5. The molecule has 6 nitrogen and oxygen atoms in total. The maximum Gasteiger partial charge on any atom is 0.273 e. The van der Waals surface area contributed by atoms with Crippen LogP contribution in [0.25, 0.3) is 0 Å². The van der Waals surface area contributed by atoms with Gasteiger partial charge in [0.1, 0.15) is 11.0 Å². The third-order valence-electron chi connectivity index (χ3n) is 5.61. The summed E-state index contributed by atoms with van der Waals surface area (Å²) >= 11 is 13.8. The minimum Gasteiger partial charge on any atom is -0.467 e. The number of nitrogens with zero attached hydrogens (tertiary/aromatic N) is 3. The van der Waals surface area contributed by atoms with E-state index in [-0.39, 0.29) is 21.0 Å². The van der Waals surface area contributed by atoms with Crippen molar-refractivity contribution >= 4 is 44.6 Å². The summed E-state index contributed by atoms with van der Waals surface area (Å²) in [5.41, 5.74) is 0. The smallest absolute Gasteiger partial charge is 0.273 e. The van der Waals surface area contributed by atoms with Crippen LogP contribution in [0.2, 0.25) is 10.0 Å². The molecule has 158 valence electrons. The molecule has 1 aromatic heterocycles. The number of hydrogen-bond acceptors (Lipinski definition) is 6. The first kappa shape index (κ1) is 21.3. The molecule has 2 aliphatic rings.